The summed E-state index contributed by atoms with van der Waals surface area (Å²) in [4.78, 5) is 26.3. The van der Waals surface area contributed by atoms with Gasteiger partial charge in [-0.25, -0.2) is 4.68 Å². The summed E-state index contributed by atoms with van der Waals surface area (Å²) in [6, 6.07) is 14.1. The molecule has 3 aromatic heterocycles. The Balaban J connectivity index is 1.43. The third-order valence-corrected chi connectivity index (χ3v) is 5.81. The first-order chi connectivity index (χ1) is 13.5. The van der Waals surface area contributed by atoms with E-state index in [1.165, 1.54) is 15.1 Å². The highest BCUT2D eigenvalue weighted by Gasteiger charge is 2.14. The summed E-state index contributed by atoms with van der Waals surface area (Å²) in [6.45, 7) is 3.93. The second-order valence-electron chi connectivity index (χ2n) is 7.09. The van der Waals surface area contributed by atoms with Crippen LogP contribution in [0, 0.1) is 6.92 Å². The summed E-state index contributed by atoms with van der Waals surface area (Å²) in [7, 11) is 0. The van der Waals surface area contributed by atoms with Crippen LogP contribution in [0.5, 0.6) is 0 Å². The number of aromatic nitrogens is 3. The predicted octanol–water partition coefficient (Wildman–Crippen LogP) is 3.16. The zero-order valence-electron chi connectivity index (χ0n) is 15.9. The summed E-state index contributed by atoms with van der Waals surface area (Å²) in [5, 5.41) is 7.15. The summed E-state index contributed by atoms with van der Waals surface area (Å²) < 4.78 is 4.07. The van der Waals surface area contributed by atoms with Gasteiger partial charge in [-0.3, -0.25) is 14.0 Å². The molecule has 0 aliphatic carbocycles. The molecule has 0 spiro atoms. The van der Waals surface area contributed by atoms with Crippen LogP contribution in [0.25, 0.3) is 15.7 Å². The standard InChI is InChI=1S/C21H22N4O2S/c1-14(8-9-16-6-4-3-5-7-16)23-20(26)12-25-21(27)18-11-19-17(10-15(2)28-19)24(18)13-22-25/h3-7,10-11,13-14H,8-9,12H2,1-2H3,(H,23,26). The van der Waals surface area contributed by atoms with Gasteiger partial charge in [-0.2, -0.15) is 5.10 Å². The number of carbonyl (C=O) groups excluding carboxylic acids is 1. The molecule has 1 amide bonds. The fraction of sp³-hybridized carbons (Fsp3) is 0.286. The molecule has 7 heteroatoms. The van der Waals surface area contributed by atoms with Crippen molar-refractivity contribution in [2.45, 2.75) is 39.3 Å². The van der Waals surface area contributed by atoms with Gasteiger partial charge in [-0.05, 0) is 44.4 Å². The molecule has 1 aromatic carbocycles. The van der Waals surface area contributed by atoms with Crippen LogP contribution in [0.3, 0.4) is 0 Å². The molecule has 1 unspecified atom stereocenters. The average molecular weight is 394 g/mol. The number of fused-ring (bicyclic) bond motifs is 3. The van der Waals surface area contributed by atoms with Gasteiger partial charge >= 0.3 is 0 Å². The van der Waals surface area contributed by atoms with E-state index < -0.39 is 0 Å². The van der Waals surface area contributed by atoms with Gasteiger partial charge in [0.1, 0.15) is 18.4 Å². The Labute approximate surface area is 166 Å². The van der Waals surface area contributed by atoms with E-state index in [1.807, 2.05) is 44.2 Å². The normalized spacial score (nSPS) is 12.5. The lowest BCUT2D eigenvalue weighted by molar-refractivity contribution is -0.122. The van der Waals surface area contributed by atoms with Crippen molar-refractivity contribution in [1.29, 1.82) is 0 Å². The SMILES string of the molecule is Cc1cc2c(cc3c(=O)n(CC(=O)NC(C)CCc4ccccc4)ncn32)s1. The number of benzene rings is 1. The van der Waals surface area contributed by atoms with E-state index in [0.29, 0.717) is 5.52 Å². The van der Waals surface area contributed by atoms with E-state index in [-0.39, 0.29) is 24.1 Å². The van der Waals surface area contributed by atoms with Crippen molar-refractivity contribution < 1.29 is 4.79 Å². The predicted molar refractivity (Wildman–Crippen MR) is 112 cm³/mol. The smallest absolute Gasteiger partial charge is 0.291 e. The Morgan fingerprint density at radius 2 is 2.00 bits per heavy atom. The molecule has 3 heterocycles. The highest BCUT2D eigenvalue weighted by atomic mass is 32.1. The minimum absolute atomic E-state index is 0.0220. The van der Waals surface area contributed by atoms with E-state index in [2.05, 4.69) is 22.5 Å². The number of carbonyl (C=O) groups is 1. The van der Waals surface area contributed by atoms with Crippen molar-refractivity contribution in [3.63, 3.8) is 0 Å². The van der Waals surface area contributed by atoms with Gasteiger partial charge in [0.25, 0.3) is 5.56 Å². The quantitative estimate of drug-likeness (QED) is 0.546. The molecule has 0 aliphatic heterocycles. The van der Waals surface area contributed by atoms with Crippen molar-refractivity contribution in [3.8, 4) is 0 Å². The zero-order valence-corrected chi connectivity index (χ0v) is 16.7. The van der Waals surface area contributed by atoms with E-state index in [0.717, 1.165) is 23.1 Å². The van der Waals surface area contributed by atoms with E-state index >= 15 is 0 Å². The van der Waals surface area contributed by atoms with E-state index in [4.69, 9.17) is 0 Å². The Hall–Kier alpha value is -2.93. The molecule has 0 fully saturated rings. The van der Waals surface area contributed by atoms with Crippen LogP contribution in [0.2, 0.25) is 0 Å². The van der Waals surface area contributed by atoms with Crippen molar-refractivity contribution in [2.75, 3.05) is 0 Å². The van der Waals surface area contributed by atoms with Gasteiger partial charge in [0.05, 0.1) is 10.2 Å². The minimum atomic E-state index is -0.254. The maximum atomic E-state index is 12.7. The van der Waals surface area contributed by atoms with E-state index in [9.17, 15) is 9.59 Å². The van der Waals surface area contributed by atoms with Crippen LogP contribution in [-0.2, 0) is 17.8 Å². The largest absolute Gasteiger partial charge is 0.352 e. The molecule has 0 saturated carbocycles. The molecule has 0 radical (unpaired) electrons. The Kier molecular flexibility index (Phi) is 5.00. The van der Waals surface area contributed by atoms with Gasteiger partial charge in [0.2, 0.25) is 5.91 Å². The summed E-state index contributed by atoms with van der Waals surface area (Å²) >= 11 is 1.64. The highest BCUT2D eigenvalue weighted by molar-refractivity contribution is 7.19. The second kappa shape index (κ2) is 7.59. The molecule has 4 aromatic rings. The van der Waals surface area contributed by atoms with Crippen LogP contribution in [0.1, 0.15) is 23.8 Å². The molecule has 0 saturated heterocycles. The molecule has 4 rings (SSSR count). The monoisotopic (exact) mass is 394 g/mol. The van der Waals surface area contributed by atoms with Gasteiger partial charge in [-0.1, -0.05) is 30.3 Å². The first kappa shape index (κ1) is 18.4. The van der Waals surface area contributed by atoms with Gasteiger partial charge in [0.15, 0.2) is 0 Å². The number of aryl methyl sites for hydroxylation is 2. The Bertz CT molecular complexity index is 1190. The van der Waals surface area contributed by atoms with Crippen LogP contribution in [0.15, 0.2) is 53.6 Å². The maximum absolute atomic E-state index is 12.7. The topological polar surface area (TPSA) is 68.4 Å². The van der Waals surface area contributed by atoms with Crippen LogP contribution < -0.4 is 10.9 Å². The summed E-state index contributed by atoms with van der Waals surface area (Å²) in [5.41, 5.74) is 2.51. The van der Waals surface area contributed by atoms with Crippen molar-refractivity contribution >= 4 is 33.0 Å². The lowest BCUT2D eigenvalue weighted by atomic mass is 10.1. The number of hydrogen-bond acceptors (Lipinski definition) is 4. The number of nitrogens with zero attached hydrogens (tertiary/aromatic N) is 3. The third-order valence-electron chi connectivity index (χ3n) is 4.82. The first-order valence-electron chi connectivity index (χ1n) is 9.32. The van der Waals surface area contributed by atoms with Crippen LogP contribution in [0.4, 0.5) is 0 Å². The summed E-state index contributed by atoms with van der Waals surface area (Å²) in [5.74, 6) is -0.205. The first-order valence-corrected chi connectivity index (χ1v) is 10.1. The van der Waals surface area contributed by atoms with Gasteiger partial charge < -0.3 is 5.32 Å². The molecule has 1 N–H and O–H groups in total. The maximum Gasteiger partial charge on any atom is 0.291 e. The lowest BCUT2D eigenvalue weighted by Gasteiger charge is -2.14. The second-order valence-corrected chi connectivity index (χ2v) is 8.38. The van der Waals surface area contributed by atoms with Crippen molar-refractivity contribution in [3.05, 3.63) is 69.6 Å². The molecular weight excluding hydrogens is 372 g/mol. The molecular formula is C21H22N4O2S. The Morgan fingerprint density at radius 1 is 1.21 bits per heavy atom. The number of thiophene rings is 1. The van der Waals surface area contributed by atoms with E-state index in [1.54, 1.807) is 22.1 Å². The number of rotatable bonds is 6. The Morgan fingerprint density at radius 3 is 2.79 bits per heavy atom. The minimum Gasteiger partial charge on any atom is -0.352 e. The lowest BCUT2D eigenvalue weighted by Crippen LogP contribution is -2.38. The van der Waals surface area contributed by atoms with Crippen molar-refractivity contribution in [2.24, 2.45) is 0 Å². The highest BCUT2D eigenvalue weighted by Crippen LogP contribution is 2.26. The van der Waals surface area contributed by atoms with Crippen LogP contribution in [-0.4, -0.2) is 26.1 Å². The molecule has 144 valence electrons. The zero-order chi connectivity index (χ0) is 19.7. The molecule has 0 bridgehead atoms. The average Bonchev–Trinajstić information content (AvgIpc) is 3.20. The van der Waals surface area contributed by atoms with Gasteiger partial charge in [-0.15, -0.1) is 11.3 Å². The van der Waals surface area contributed by atoms with Crippen LogP contribution >= 0.6 is 11.3 Å². The van der Waals surface area contributed by atoms with Crippen molar-refractivity contribution in [1.82, 2.24) is 19.5 Å². The molecule has 0 aliphatic rings. The number of amides is 1. The molecule has 28 heavy (non-hydrogen) atoms. The number of nitrogens with one attached hydrogen (secondary N) is 1. The fourth-order valence-corrected chi connectivity index (χ4v) is 4.34. The third kappa shape index (κ3) is 3.71. The summed E-state index contributed by atoms with van der Waals surface area (Å²) in [6.07, 6.45) is 3.34. The van der Waals surface area contributed by atoms with Gasteiger partial charge in [0, 0.05) is 10.9 Å². The number of hydrogen-bond donors (Lipinski definition) is 1. The fourth-order valence-electron chi connectivity index (χ4n) is 3.39. The molecule has 6 nitrogen and oxygen atoms in total. The molecule has 1 atom stereocenters.